The van der Waals surface area contributed by atoms with Gasteiger partial charge in [-0.1, -0.05) is 19.3 Å². The Hall–Kier alpha value is -2.51. The molecule has 2 aromatic heterocycles. The molecule has 0 radical (unpaired) electrons. The smallest absolute Gasteiger partial charge is 0.252 e. The van der Waals surface area contributed by atoms with E-state index in [-0.39, 0.29) is 17.7 Å². The lowest BCUT2D eigenvalue weighted by molar-refractivity contribution is -0.136. The quantitative estimate of drug-likeness (QED) is 0.814. The highest BCUT2D eigenvalue weighted by Gasteiger charge is 2.29. The van der Waals surface area contributed by atoms with Gasteiger partial charge in [0.2, 0.25) is 11.8 Å². The van der Waals surface area contributed by atoms with Crippen LogP contribution in [0.3, 0.4) is 0 Å². The van der Waals surface area contributed by atoms with E-state index in [1.54, 1.807) is 4.52 Å². The van der Waals surface area contributed by atoms with Crippen molar-refractivity contribution in [3.05, 3.63) is 23.3 Å². The summed E-state index contributed by atoms with van der Waals surface area (Å²) in [5.41, 5.74) is 2.92. The summed E-state index contributed by atoms with van der Waals surface area (Å²) in [6.45, 7) is 5.22. The van der Waals surface area contributed by atoms with Crippen LogP contribution in [0.1, 0.15) is 68.3 Å². The molecule has 1 unspecified atom stereocenters. The highest BCUT2D eigenvalue weighted by molar-refractivity contribution is 5.81. The Bertz CT molecular complexity index is 918. The van der Waals surface area contributed by atoms with E-state index in [1.807, 2.05) is 18.7 Å². The summed E-state index contributed by atoms with van der Waals surface area (Å²) in [5.74, 6) is 0.749. The first-order chi connectivity index (χ1) is 14.5. The van der Waals surface area contributed by atoms with Crippen LogP contribution < -0.4 is 5.32 Å². The Morgan fingerprint density at radius 3 is 2.73 bits per heavy atom. The lowest BCUT2D eigenvalue weighted by atomic mass is 9.93. The summed E-state index contributed by atoms with van der Waals surface area (Å²) >= 11 is 0. The van der Waals surface area contributed by atoms with Gasteiger partial charge in [0.1, 0.15) is 6.33 Å². The van der Waals surface area contributed by atoms with E-state index in [4.69, 9.17) is 0 Å². The van der Waals surface area contributed by atoms with Crippen LogP contribution in [0.25, 0.3) is 5.78 Å². The number of hydrogen-bond acceptors (Lipinski definition) is 5. The van der Waals surface area contributed by atoms with Crippen molar-refractivity contribution >= 4 is 17.6 Å². The van der Waals surface area contributed by atoms with Gasteiger partial charge in [-0.05, 0) is 51.5 Å². The van der Waals surface area contributed by atoms with E-state index >= 15 is 0 Å². The molecule has 0 spiro atoms. The summed E-state index contributed by atoms with van der Waals surface area (Å²) in [5, 5.41) is 7.45. The number of nitrogens with one attached hydrogen (secondary N) is 1. The summed E-state index contributed by atoms with van der Waals surface area (Å²) < 4.78 is 1.72. The number of piperidine rings is 1. The molecule has 3 heterocycles. The van der Waals surface area contributed by atoms with Crippen LogP contribution >= 0.6 is 0 Å². The van der Waals surface area contributed by atoms with Gasteiger partial charge >= 0.3 is 0 Å². The molecule has 0 aromatic carbocycles. The maximum Gasteiger partial charge on any atom is 0.252 e. The normalized spacial score (nSPS) is 20.5. The van der Waals surface area contributed by atoms with Gasteiger partial charge in [-0.2, -0.15) is 10.1 Å². The van der Waals surface area contributed by atoms with Crippen molar-refractivity contribution in [1.29, 1.82) is 0 Å². The van der Waals surface area contributed by atoms with E-state index in [0.29, 0.717) is 31.2 Å². The second kappa shape index (κ2) is 9.10. The lowest BCUT2D eigenvalue weighted by Crippen LogP contribution is -2.48. The standard InChI is InChI=1S/C22H32N6O2/c1-15-19(16(2)28-22(25-15)23-14-24-28)10-11-20(29)27-12-6-7-17(13-27)21(30)26-18-8-4-3-5-9-18/h14,17-18H,3-13H2,1-2H3,(H,26,30). The molecule has 1 atom stereocenters. The van der Waals surface area contributed by atoms with Crippen molar-refractivity contribution < 1.29 is 9.59 Å². The molecule has 0 bridgehead atoms. The van der Waals surface area contributed by atoms with Crippen molar-refractivity contribution in [3.8, 4) is 0 Å². The van der Waals surface area contributed by atoms with Crippen LogP contribution in [0.15, 0.2) is 6.33 Å². The van der Waals surface area contributed by atoms with Crippen molar-refractivity contribution in [1.82, 2.24) is 29.8 Å². The molecule has 2 aromatic rings. The van der Waals surface area contributed by atoms with Crippen molar-refractivity contribution in [2.24, 2.45) is 5.92 Å². The molecule has 2 amide bonds. The maximum atomic E-state index is 12.9. The number of nitrogens with zero attached hydrogens (tertiary/aromatic N) is 5. The van der Waals surface area contributed by atoms with Crippen molar-refractivity contribution in [2.45, 2.75) is 77.7 Å². The second-order valence-corrected chi connectivity index (χ2v) is 8.76. The van der Waals surface area contributed by atoms with Gasteiger partial charge in [-0.15, -0.1) is 0 Å². The predicted molar refractivity (Wildman–Crippen MR) is 113 cm³/mol. The van der Waals surface area contributed by atoms with Crippen molar-refractivity contribution in [2.75, 3.05) is 13.1 Å². The molecule has 2 fully saturated rings. The second-order valence-electron chi connectivity index (χ2n) is 8.76. The number of rotatable bonds is 5. The number of carbonyl (C=O) groups excluding carboxylic acids is 2. The minimum atomic E-state index is -0.0822. The fourth-order valence-corrected chi connectivity index (χ4v) is 4.89. The zero-order valence-corrected chi connectivity index (χ0v) is 18.1. The third kappa shape index (κ3) is 4.47. The summed E-state index contributed by atoms with van der Waals surface area (Å²) in [6.07, 6.45) is 10.1. The van der Waals surface area contributed by atoms with Crippen molar-refractivity contribution in [3.63, 3.8) is 0 Å². The minimum Gasteiger partial charge on any atom is -0.353 e. The predicted octanol–water partition coefficient (Wildman–Crippen LogP) is 2.36. The molecular formula is C22H32N6O2. The molecular weight excluding hydrogens is 380 g/mol. The number of aryl methyl sites for hydroxylation is 2. The van der Waals surface area contributed by atoms with Crippen LogP contribution in [-0.2, 0) is 16.0 Å². The van der Waals surface area contributed by atoms with Crippen LogP contribution in [0.5, 0.6) is 0 Å². The van der Waals surface area contributed by atoms with E-state index in [1.165, 1.54) is 25.6 Å². The van der Waals surface area contributed by atoms with Gasteiger partial charge < -0.3 is 10.2 Å². The maximum absolute atomic E-state index is 12.9. The fourth-order valence-electron chi connectivity index (χ4n) is 4.89. The van der Waals surface area contributed by atoms with Crippen LogP contribution in [-0.4, -0.2) is 55.4 Å². The van der Waals surface area contributed by atoms with Crippen LogP contribution in [0.4, 0.5) is 0 Å². The molecule has 1 saturated heterocycles. The summed E-state index contributed by atoms with van der Waals surface area (Å²) in [7, 11) is 0. The number of fused-ring (bicyclic) bond motifs is 1. The molecule has 30 heavy (non-hydrogen) atoms. The largest absolute Gasteiger partial charge is 0.353 e. The van der Waals surface area contributed by atoms with Gasteiger partial charge in [0.25, 0.3) is 5.78 Å². The molecule has 1 N–H and O–H groups in total. The van der Waals surface area contributed by atoms with Gasteiger partial charge in [0.15, 0.2) is 0 Å². The van der Waals surface area contributed by atoms with Gasteiger partial charge in [0.05, 0.1) is 5.92 Å². The molecule has 162 valence electrons. The number of likely N-dealkylation sites (tertiary alicyclic amines) is 1. The molecule has 1 aliphatic carbocycles. The fraction of sp³-hybridized carbons (Fsp3) is 0.682. The highest BCUT2D eigenvalue weighted by atomic mass is 16.2. The van der Waals surface area contributed by atoms with Gasteiger partial charge in [0, 0.05) is 36.9 Å². The molecule has 1 aliphatic heterocycles. The first-order valence-electron chi connectivity index (χ1n) is 11.3. The molecule has 2 aliphatic rings. The van der Waals surface area contributed by atoms with Crippen LogP contribution in [0, 0.1) is 19.8 Å². The number of hydrogen-bond donors (Lipinski definition) is 1. The monoisotopic (exact) mass is 412 g/mol. The third-order valence-electron chi connectivity index (χ3n) is 6.67. The third-order valence-corrected chi connectivity index (χ3v) is 6.67. The first kappa shape index (κ1) is 20.8. The molecule has 8 heteroatoms. The summed E-state index contributed by atoms with van der Waals surface area (Å²) in [4.78, 5) is 36.1. The molecule has 8 nitrogen and oxygen atoms in total. The first-order valence-corrected chi connectivity index (χ1v) is 11.3. The SMILES string of the molecule is Cc1nc2ncnn2c(C)c1CCC(=O)N1CCCC(C(=O)NC2CCCCC2)C1. The average molecular weight is 413 g/mol. The Kier molecular flexibility index (Phi) is 6.29. The van der Waals surface area contributed by atoms with E-state index in [0.717, 1.165) is 49.2 Å². The van der Waals surface area contributed by atoms with E-state index < -0.39 is 0 Å². The van der Waals surface area contributed by atoms with E-state index in [9.17, 15) is 9.59 Å². The van der Waals surface area contributed by atoms with Gasteiger partial charge in [-0.3, -0.25) is 9.59 Å². The Morgan fingerprint density at radius 2 is 1.93 bits per heavy atom. The Morgan fingerprint density at radius 1 is 1.13 bits per heavy atom. The number of aromatic nitrogens is 4. The zero-order valence-electron chi connectivity index (χ0n) is 18.1. The zero-order chi connectivity index (χ0) is 21.1. The number of carbonyl (C=O) groups is 2. The molecule has 4 rings (SSSR count). The Labute approximate surface area is 177 Å². The highest BCUT2D eigenvalue weighted by Crippen LogP contribution is 2.22. The lowest BCUT2D eigenvalue weighted by Gasteiger charge is -2.33. The topological polar surface area (TPSA) is 92.5 Å². The van der Waals surface area contributed by atoms with E-state index in [2.05, 4.69) is 20.4 Å². The summed E-state index contributed by atoms with van der Waals surface area (Å²) in [6, 6.07) is 0.322. The Balaban J connectivity index is 1.34. The van der Waals surface area contributed by atoms with Gasteiger partial charge in [-0.25, -0.2) is 9.50 Å². The molecule has 1 saturated carbocycles. The van der Waals surface area contributed by atoms with Crippen LogP contribution in [0.2, 0.25) is 0 Å². The average Bonchev–Trinajstić information content (AvgIpc) is 3.23. The minimum absolute atomic E-state index is 0.0822. The number of amides is 2.